The highest BCUT2D eigenvalue weighted by Gasteiger charge is 2.32. The van der Waals surface area contributed by atoms with Gasteiger partial charge in [0.05, 0.1) is 5.75 Å². The topological polar surface area (TPSA) is 43.3 Å². The molecule has 3 nitrogen and oxygen atoms in total. The maximum atomic E-state index is 11.2. The predicted octanol–water partition coefficient (Wildman–Crippen LogP) is 2.70. The van der Waals surface area contributed by atoms with Gasteiger partial charge in [0.15, 0.2) is 5.69 Å². The van der Waals surface area contributed by atoms with E-state index in [4.69, 9.17) is 11.6 Å². The molecule has 0 bridgehead atoms. The standard InChI is InChI=1S/C7H6ClNO2S/c8-6-1-2-7-5(3-6)4-12-9(7,10)11/h1-3,10H,4H2. The van der Waals surface area contributed by atoms with E-state index >= 15 is 0 Å². The van der Waals surface area contributed by atoms with Crippen molar-refractivity contribution in [3.63, 3.8) is 0 Å². The number of rotatable bonds is 0. The van der Waals surface area contributed by atoms with Gasteiger partial charge in [0.1, 0.15) is 11.9 Å². The molecule has 1 atom stereocenters. The van der Waals surface area contributed by atoms with Crippen LogP contribution >= 0.6 is 23.5 Å². The Morgan fingerprint density at radius 2 is 2.33 bits per heavy atom. The molecule has 1 unspecified atom stereocenters. The number of fused-ring (bicyclic) bond motifs is 1. The Hall–Kier alpha value is -0.260. The third-order valence-corrected chi connectivity index (χ3v) is 2.96. The second-order valence-corrected chi connectivity index (χ2v) is 4.05. The second kappa shape index (κ2) is 2.61. The van der Waals surface area contributed by atoms with Gasteiger partial charge in [-0.25, -0.2) is 0 Å². The maximum Gasteiger partial charge on any atom is 0.182 e. The molecule has 0 amide bonds. The molecule has 0 saturated carbocycles. The number of halogens is 1. The highest BCUT2D eigenvalue weighted by Crippen LogP contribution is 2.42. The zero-order valence-corrected chi connectivity index (χ0v) is 7.60. The Balaban J connectivity index is 2.55. The molecule has 1 aromatic carbocycles. The molecular formula is C7H6ClNO2S. The molecule has 1 aliphatic heterocycles. The van der Waals surface area contributed by atoms with E-state index in [0.29, 0.717) is 16.5 Å². The summed E-state index contributed by atoms with van der Waals surface area (Å²) in [4.78, 5) is 0. The van der Waals surface area contributed by atoms with Crippen LogP contribution in [0.5, 0.6) is 0 Å². The Labute approximate surface area is 78.8 Å². The molecule has 1 aromatic rings. The quantitative estimate of drug-likeness (QED) is 0.401. The SMILES string of the molecule is [O-][N+]1(O)SCc2cc(Cl)ccc21. The normalized spacial score (nSPS) is 27.2. The zero-order valence-electron chi connectivity index (χ0n) is 6.03. The first kappa shape index (κ1) is 8.34. The van der Waals surface area contributed by atoms with Gasteiger partial charge >= 0.3 is 0 Å². The molecule has 2 rings (SSSR count). The Morgan fingerprint density at radius 1 is 1.58 bits per heavy atom. The van der Waals surface area contributed by atoms with E-state index in [1.54, 1.807) is 18.2 Å². The zero-order chi connectivity index (χ0) is 8.77. The van der Waals surface area contributed by atoms with E-state index < -0.39 is 4.21 Å². The summed E-state index contributed by atoms with van der Waals surface area (Å²) in [6, 6.07) is 4.87. The van der Waals surface area contributed by atoms with Crippen LogP contribution in [0.4, 0.5) is 5.69 Å². The van der Waals surface area contributed by atoms with Crippen molar-refractivity contribution >= 4 is 29.2 Å². The molecule has 0 radical (unpaired) electrons. The smallest absolute Gasteiger partial charge is 0.182 e. The third kappa shape index (κ3) is 1.22. The van der Waals surface area contributed by atoms with Crippen LogP contribution in [-0.4, -0.2) is 5.21 Å². The van der Waals surface area contributed by atoms with E-state index in [1.807, 2.05) is 0 Å². The first-order valence-electron chi connectivity index (χ1n) is 3.36. The maximum absolute atomic E-state index is 11.2. The lowest BCUT2D eigenvalue weighted by Crippen LogP contribution is -2.26. The summed E-state index contributed by atoms with van der Waals surface area (Å²) in [7, 11) is 0. The first-order chi connectivity index (χ1) is 5.59. The van der Waals surface area contributed by atoms with E-state index in [2.05, 4.69) is 0 Å². The summed E-state index contributed by atoms with van der Waals surface area (Å²) in [5.41, 5.74) is 1.19. The van der Waals surface area contributed by atoms with Crippen LogP contribution in [-0.2, 0) is 5.75 Å². The summed E-state index contributed by atoms with van der Waals surface area (Å²) < 4.78 is -1.34. The van der Waals surface area contributed by atoms with Gasteiger partial charge in [-0.15, -0.1) is 4.21 Å². The van der Waals surface area contributed by atoms with Gasteiger partial charge in [-0.05, 0) is 12.1 Å². The second-order valence-electron chi connectivity index (χ2n) is 2.57. The van der Waals surface area contributed by atoms with Gasteiger partial charge < -0.3 is 5.21 Å². The monoisotopic (exact) mass is 203 g/mol. The van der Waals surface area contributed by atoms with E-state index in [-0.39, 0.29) is 0 Å². The van der Waals surface area contributed by atoms with E-state index in [9.17, 15) is 10.4 Å². The minimum absolute atomic E-state index is 0.379. The summed E-state index contributed by atoms with van der Waals surface area (Å²) in [5.74, 6) is 0.510. The average molecular weight is 204 g/mol. The van der Waals surface area contributed by atoms with Crippen LogP contribution in [0.2, 0.25) is 5.02 Å². The number of hydrogen-bond donors (Lipinski definition) is 1. The summed E-state index contributed by atoms with van der Waals surface area (Å²) in [6.07, 6.45) is 0. The van der Waals surface area contributed by atoms with Crippen molar-refractivity contribution in [2.45, 2.75) is 5.75 Å². The number of benzene rings is 1. The van der Waals surface area contributed by atoms with Crippen molar-refractivity contribution in [3.05, 3.63) is 34.0 Å². The fourth-order valence-electron chi connectivity index (χ4n) is 1.17. The lowest BCUT2D eigenvalue weighted by Gasteiger charge is -2.24. The van der Waals surface area contributed by atoms with Crippen molar-refractivity contribution in [3.8, 4) is 0 Å². The number of nitrogens with zero attached hydrogens (tertiary/aromatic N) is 1. The Kier molecular flexibility index (Phi) is 1.82. The average Bonchev–Trinajstić information content (AvgIpc) is 2.27. The van der Waals surface area contributed by atoms with Gasteiger partial charge in [-0.1, -0.05) is 11.6 Å². The largest absolute Gasteiger partial charge is 0.581 e. The molecule has 1 heterocycles. The van der Waals surface area contributed by atoms with Gasteiger partial charge in [0.25, 0.3) is 0 Å². The number of quaternary nitrogens is 1. The van der Waals surface area contributed by atoms with Crippen LogP contribution in [0.15, 0.2) is 18.2 Å². The molecule has 0 saturated heterocycles. The lowest BCUT2D eigenvalue weighted by atomic mass is 10.2. The van der Waals surface area contributed by atoms with Crippen LogP contribution in [0.3, 0.4) is 0 Å². The van der Waals surface area contributed by atoms with Gasteiger partial charge in [0, 0.05) is 16.7 Å². The van der Waals surface area contributed by atoms with Crippen LogP contribution in [0, 0.1) is 5.21 Å². The summed E-state index contributed by atoms with van der Waals surface area (Å²) in [6.45, 7) is 0. The highest BCUT2D eigenvalue weighted by atomic mass is 35.5. The fraction of sp³-hybridized carbons (Fsp3) is 0.143. The minimum Gasteiger partial charge on any atom is -0.581 e. The van der Waals surface area contributed by atoms with Crippen LogP contribution in [0.1, 0.15) is 5.56 Å². The van der Waals surface area contributed by atoms with Crippen LogP contribution in [0.25, 0.3) is 0 Å². The molecule has 0 fully saturated rings. The van der Waals surface area contributed by atoms with Crippen molar-refractivity contribution in [1.82, 2.24) is 4.21 Å². The molecular weight excluding hydrogens is 198 g/mol. The molecule has 1 N–H and O–H groups in total. The first-order valence-corrected chi connectivity index (χ1v) is 4.68. The summed E-state index contributed by atoms with van der Waals surface area (Å²) in [5, 5.41) is 21.1. The molecule has 64 valence electrons. The summed E-state index contributed by atoms with van der Waals surface area (Å²) >= 11 is 6.63. The molecule has 0 spiro atoms. The van der Waals surface area contributed by atoms with Gasteiger partial charge in [-0.2, -0.15) is 5.21 Å². The van der Waals surface area contributed by atoms with Gasteiger partial charge in [-0.3, -0.25) is 0 Å². The van der Waals surface area contributed by atoms with Crippen molar-refractivity contribution < 1.29 is 5.21 Å². The molecule has 12 heavy (non-hydrogen) atoms. The fourth-order valence-corrected chi connectivity index (χ4v) is 2.23. The number of hydrogen-bond acceptors (Lipinski definition) is 3. The molecule has 5 heteroatoms. The van der Waals surface area contributed by atoms with Crippen molar-refractivity contribution in [2.24, 2.45) is 0 Å². The van der Waals surface area contributed by atoms with E-state index in [1.165, 1.54) is 0 Å². The minimum atomic E-state index is -1.34. The Morgan fingerprint density at radius 3 is 3.08 bits per heavy atom. The lowest BCUT2D eigenvalue weighted by molar-refractivity contribution is 0.0771. The highest BCUT2D eigenvalue weighted by molar-refractivity contribution is 7.98. The molecule has 0 aromatic heterocycles. The van der Waals surface area contributed by atoms with E-state index in [0.717, 1.165) is 17.5 Å². The molecule has 0 aliphatic carbocycles. The predicted molar refractivity (Wildman–Crippen MR) is 49.7 cm³/mol. The van der Waals surface area contributed by atoms with Gasteiger partial charge in [0.2, 0.25) is 0 Å². The Bertz CT molecular complexity index is 329. The van der Waals surface area contributed by atoms with Crippen LogP contribution < -0.4 is 4.21 Å². The van der Waals surface area contributed by atoms with Crippen molar-refractivity contribution in [1.29, 1.82) is 0 Å². The molecule has 1 aliphatic rings. The third-order valence-electron chi connectivity index (χ3n) is 1.74. The van der Waals surface area contributed by atoms with Crippen molar-refractivity contribution in [2.75, 3.05) is 0 Å².